The van der Waals surface area contributed by atoms with Gasteiger partial charge in [-0.1, -0.05) is 38.7 Å². The van der Waals surface area contributed by atoms with Crippen molar-refractivity contribution in [3.63, 3.8) is 0 Å². The molecule has 2 N–H and O–H groups in total. The number of carbonyl (C=O) groups excluding carboxylic acids is 1. The lowest BCUT2D eigenvalue weighted by Crippen LogP contribution is -2.48. The summed E-state index contributed by atoms with van der Waals surface area (Å²) in [6.07, 6.45) is 7.46. The average molecular weight is 362 g/mol. The number of hydrogen-bond donors (Lipinski definition) is 2. The van der Waals surface area contributed by atoms with E-state index in [9.17, 15) is 14.3 Å². The number of hydrogen-bond acceptors (Lipinski definition) is 3. The van der Waals surface area contributed by atoms with Gasteiger partial charge in [0, 0.05) is 13.1 Å². The molecule has 0 saturated heterocycles. The number of carbonyl (C=O) groups is 1. The van der Waals surface area contributed by atoms with E-state index in [0.717, 1.165) is 56.1 Å². The minimum Gasteiger partial charge on any atom is -0.389 e. The van der Waals surface area contributed by atoms with Crippen LogP contribution in [0.2, 0.25) is 0 Å². The van der Waals surface area contributed by atoms with E-state index >= 15 is 0 Å². The van der Waals surface area contributed by atoms with Gasteiger partial charge in [0.15, 0.2) is 0 Å². The quantitative estimate of drug-likeness (QED) is 0.816. The predicted octanol–water partition coefficient (Wildman–Crippen LogP) is 3.34. The van der Waals surface area contributed by atoms with Gasteiger partial charge in [0.2, 0.25) is 5.91 Å². The maximum atomic E-state index is 13.7. The highest BCUT2D eigenvalue weighted by atomic mass is 19.1. The molecule has 144 valence electrons. The number of rotatable bonds is 6. The summed E-state index contributed by atoms with van der Waals surface area (Å²) in [5, 5.41) is 13.7. The van der Waals surface area contributed by atoms with Gasteiger partial charge in [0.05, 0.1) is 18.2 Å². The molecule has 2 aliphatic rings. The molecule has 1 unspecified atom stereocenters. The van der Waals surface area contributed by atoms with Gasteiger partial charge in [-0.15, -0.1) is 0 Å². The topological polar surface area (TPSA) is 52.6 Å². The summed E-state index contributed by atoms with van der Waals surface area (Å²) in [6.45, 7) is 3.46. The first-order valence-corrected chi connectivity index (χ1v) is 10.0. The van der Waals surface area contributed by atoms with E-state index in [1.165, 1.54) is 12.5 Å². The van der Waals surface area contributed by atoms with Crippen molar-refractivity contribution >= 4 is 5.91 Å². The molecule has 0 bridgehead atoms. The van der Waals surface area contributed by atoms with Crippen LogP contribution in [0.1, 0.15) is 69.0 Å². The Hall–Kier alpha value is -1.46. The Morgan fingerprint density at radius 3 is 2.85 bits per heavy atom. The second-order valence-electron chi connectivity index (χ2n) is 7.87. The van der Waals surface area contributed by atoms with Crippen LogP contribution in [0.3, 0.4) is 0 Å². The van der Waals surface area contributed by atoms with Crippen molar-refractivity contribution in [1.29, 1.82) is 0 Å². The lowest BCUT2D eigenvalue weighted by Gasteiger charge is -2.38. The van der Waals surface area contributed by atoms with Gasteiger partial charge in [-0.05, 0) is 48.9 Å². The molecule has 1 fully saturated rings. The first-order chi connectivity index (χ1) is 12.5. The van der Waals surface area contributed by atoms with Crippen LogP contribution in [0, 0.1) is 5.82 Å². The van der Waals surface area contributed by atoms with Crippen molar-refractivity contribution in [1.82, 2.24) is 10.2 Å². The highest BCUT2D eigenvalue weighted by Crippen LogP contribution is 2.33. The van der Waals surface area contributed by atoms with Gasteiger partial charge in [-0.3, -0.25) is 4.79 Å². The van der Waals surface area contributed by atoms with Gasteiger partial charge in [0.1, 0.15) is 5.82 Å². The molecule has 1 aromatic rings. The van der Waals surface area contributed by atoms with Crippen LogP contribution in [-0.2, 0) is 11.2 Å². The van der Waals surface area contributed by atoms with Crippen LogP contribution in [0.25, 0.3) is 0 Å². The number of aliphatic hydroxyl groups is 1. The number of amides is 1. The van der Waals surface area contributed by atoms with Gasteiger partial charge in [0.25, 0.3) is 0 Å². The Labute approximate surface area is 155 Å². The number of halogens is 1. The summed E-state index contributed by atoms with van der Waals surface area (Å²) in [4.78, 5) is 14.7. The normalized spacial score (nSPS) is 22.1. The summed E-state index contributed by atoms with van der Waals surface area (Å²) >= 11 is 0. The third kappa shape index (κ3) is 4.44. The second-order valence-corrected chi connectivity index (χ2v) is 7.87. The maximum absolute atomic E-state index is 13.7. The zero-order valence-corrected chi connectivity index (χ0v) is 15.8. The molecule has 3 rings (SSSR count). The fourth-order valence-electron chi connectivity index (χ4n) is 4.44. The van der Waals surface area contributed by atoms with Crippen molar-refractivity contribution in [2.75, 3.05) is 19.6 Å². The van der Waals surface area contributed by atoms with Crippen LogP contribution in [0.4, 0.5) is 4.39 Å². The number of nitrogens with zero attached hydrogens (tertiary/aromatic N) is 1. The Bertz CT molecular complexity index is 628. The molecule has 0 spiro atoms. The summed E-state index contributed by atoms with van der Waals surface area (Å²) in [7, 11) is 0. The summed E-state index contributed by atoms with van der Waals surface area (Å²) < 4.78 is 13.7. The Balaban J connectivity index is 1.62. The highest BCUT2D eigenvalue weighted by molar-refractivity contribution is 5.79. The molecular formula is C21H31FN2O2. The molecule has 26 heavy (non-hydrogen) atoms. The van der Waals surface area contributed by atoms with E-state index in [0.29, 0.717) is 13.1 Å². The lowest BCUT2D eigenvalue weighted by molar-refractivity contribution is -0.133. The van der Waals surface area contributed by atoms with Gasteiger partial charge in [-0.25, -0.2) is 4.39 Å². The van der Waals surface area contributed by atoms with Crippen LogP contribution >= 0.6 is 0 Å². The second kappa shape index (κ2) is 8.49. The Morgan fingerprint density at radius 1 is 1.35 bits per heavy atom. The minimum atomic E-state index is -0.668. The van der Waals surface area contributed by atoms with Crippen LogP contribution in [0.5, 0.6) is 0 Å². The van der Waals surface area contributed by atoms with Crippen molar-refractivity contribution < 1.29 is 14.3 Å². The van der Waals surface area contributed by atoms with Crippen LogP contribution < -0.4 is 5.32 Å². The summed E-state index contributed by atoms with van der Waals surface area (Å²) in [5.74, 6) is -0.199. The highest BCUT2D eigenvalue weighted by Gasteiger charge is 2.32. The zero-order valence-electron chi connectivity index (χ0n) is 15.8. The fraction of sp³-hybridized carbons (Fsp3) is 0.667. The van der Waals surface area contributed by atoms with Gasteiger partial charge in [-0.2, -0.15) is 0 Å². The van der Waals surface area contributed by atoms with Gasteiger partial charge < -0.3 is 15.3 Å². The van der Waals surface area contributed by atoms with E-state index in [2.05, 4.69) is 12.2 Å². The van der Waals surface area contributed by atoms with Crippen molar-refractivity contribution in [3.8, 4) is 0 Å². The molecule has 0 aromatic heterocycles. The molecule has 1 aliphatic carbocycles. The molecule has 1 saturated carbocycles. The standard InChI is InChI=1S/C21H31FN2O2/c1-2-6-19-18-13-17(22)8-7-16(18)9-12-24(19)20(25)14-23-15-21(26)10-4-3-5-11-21/h7-8,13,19,23,26H,2-6,9-12,14-15H2,1H3. The maximum Gasteiger partial charge on any atom is 0.237 e. The summed E-state index contributed by atoms with van der Waals surface area (Å²) in [6, 6.07) is 4.90. The van der Waals surface area contributed by atoms with Crippen molar-refractivity contribution in [2.24, 2.45) is 0 Å². The third-order valence-corrected chi connectivity index (χ3v) is 5.86. The SMILES string of the molecule is CCCC1c2cc(F)ccc2CCN1C(=O)CNCC1(O)CCCCC1. The molecule has 1 aromatic carbocycles. The minimum absolute atomic E-state index is 0.0396. The predicted molar refractivity (Wildman–Crippen MR) is 100 cm³/mol. The largest absolute Gasteiger partial charge is 0.389 e. The average Bonchev–Trinajstić information content (AvgIpc) is 2.62. The molecule has 4 nitrogen and oxygen atoms in total. The molecule has 1 aliphatic heterocycles. The molecule has 0 radical (unpaired) electrons. The molecule has 5 heteroatoms. The first-order valence-electron chi connectivity index (χ1n) is 10.0. The lowest BCUT2D eigenvalue weighted by atomic mass is 9.85. The smallest absolute Gasteiger partial charge is 0.237 e. The molecule has 1 atom stereocenters. The number of nitrogens with one attached hydrogen (secondary N) is 1. The first kappa shape index (κ1) is 19.3. The van der Waals surface area contributed by atoms with Crippen molar-refractivity contribution in [2.45, 2.75) is 69.9 Å². The molecular weight excluding hydrogens is 331 g/mol. The van der Waals surface area contributed by atoms with Crippen LogP contribution in [0.15, 0.2) is 18.2 Å². The zero-order chi connectivity index (χ0) is 18.6. The van der Waals surface area contributed by atoms with E-state index in [-0.39, 0.29) is 24.3 Å². The molecule has 1 amide bonds. The Morgan fingerprint density at radius 2 is 2.12 bits per heavy atom. The monoisotopic (exact) mass is 362 g/mol. The summed E-state index contributed by atoms with van der Waals surface area (Å²) in [5.41, 5.74) is 1.44. The Kier molecular flexibility index (Phi) is 6.30. The van der Waals surface area contributed by atoms with Crippen LogP contribution in [-0.4, -0.2) is 41.1 Å². The number of fused-ring (bicyclic) bond motifs is 1. The van der Waals surface area contributed by atoms with E-state index in [4.69, 9.17) is 0 Å². The molecule has 1 heterocycles. The fourth-order valence-corrected chi connectivity index (χ4v) is 4.44. The van der Waals surface area contributed by atoms with Gasteiger partial charge >= 0.3 is 0 Å². The van der Waals surface area contributed by atoms with Crippen molar-refractivity contribution in [3.05, 3.63) is 35.1 Å². The van der Waals surface area contributed by atoms with E-state index in [1.54, 1.807) is 6.07 Å². The third-order valence-electron chi connectivity index (χ3n) is 5.86. The number of benzene rings is 1. The van der Waals surface area contributed by atoms with E-state index < -0.39 is 5.60 Å². The van der Waals surface area contributed by atoms with E-state index in [1.807, 2.05) is 11.0 Å².